The Morgan fingerprint density at radius 1 is 1.43 bits per heavy atom. The van der Waals surface area contributed by atoms with Gasteiger partial charge in [0.1, 0.15) is 11.2 Å². The number of ether oxygens (including phenoxy) is 1. The van der Waals surface area contributed by atoms with Crippen molar-refractivity contribution in [2.75, 3.05) is 13.6 Å². The van der Waals surface area contributed by atoms with E-state index in [9.17, 15) is 4.79 Å². The summed E-state index contributed by atoms with van der Waals surface area (Å²) in [5, 5.41) is 2.81. The molecule has 0 radical (unpaired) electrons. The Balaban J connectivity index is 1.88. The fourth-order valence-corrected chi connectivity index (χ4v) is 2.21. The lowest BCUT2D eigenvalue weighted by molar-refractivity contribution is 0.0512. The number of fused-ring (bicyclic) bond motifs is 1. The van der Waals surface area contributed by atoms with E-state index in [1.165, 1.54) is 0 Å². The molecule has 0 aliphatic rings. The predicted octanol–water partition coefficient (Wildman–Crippen LogP) is 2.68. The number of hydrogen-bond donors (Lipinski definition) is 1. The van der Waals surface area contributed by atoms with Crippen LogP contribution in [0.1, 0.15) is 33.4 Å². The topological polar surface area (TPSA) is 58.9 Å². The van der Waals surface area contributed by atoms with Crippen molar-refractivity contribution < 1.29 is 9.53 Å². The Hall–Kier alpha value is -2.08. The minimum Gasteiger partial charge on any atom is -0.444 e. The first-order chi connectivity index (χ1) is 10.8. The molecule has 0 unspecified atom stereocenters. The molecule has 0 aromatic carbocycles. The smallest absolute Gasteiger partial charge is 0.407 e. The van der Waals surface area contributed by atoms with Crippen molar-refractivity contribution in [1.82, 2.24) is 19.6 Å². The monoisotopic (exact) mass is 318 g/mol. The first-order valence-electron chi connectivity index (χ1n) is 7.84. The van der Waals surface area contributed by atoms with Gasteiger partial charge in [-0.3, -0.25) is 4.90 Å². The number of amides is 1. The molecule has 0 bridgehead atoms. The molecule has 0 aliphatic carbocycles. The maximum Gasteiger partial charge on any atom is 0.407 e. The minimum atomic E-state index is -0.476. The maximum atomic E-state index is 11.7. The summed E-state index contributed by atoms with van der Waals surface area (Å²) in [6.07, 6.45) is 3.52. The van der Waals surface area contributed by atoms with Crippen molar-refractivity contribution in [3.8, 4) is 0 Å². The molecule has 1 N–H and O–H groups in total. The number of imidazole rings is 1. The van der Waals surface area contributed by atoms with E-state index < -0.39 is 5.60 Å². The third kappa shape index (κ3) is 4.96. The largest absolute Gasteiger partial charge is 0.444 e. The van der Waals surface area contributed by atoms with Gasteiger partial charge in [-0.05, 0) is 46.9 Å². The predicted molar refractivity (Wildman–Crippen MR) is 90.4 cm³/mol. The van der Waals surface area contributed by atoms with Gasteiger partial charge in [-0.2, -0.15) is 0 Å². The molecule has 23 heavy (non-hydrogen) atoms. The fraction of sp³-hybridized carbons (Fsp3) is 0.529. The van der Waals surface area contributed by atoms with E-state index >= 15 is 0 Å². The molecular formula is C17H26N4O2. The molecule has 2 heterocycles. The third-order valence-corrected chi connectivity index (χ3v) is 3.60. The van der Waals surface area contributed by atoms with Crippen LogP contribution < -0.4 is 5.32 Å². The van der Waals surface area contributed by atoms with Crippen LogP contribution in [0.2, 0.25) is 0 Å². The molecule has 2 rings (SSSR count). The standard InChI is InChI=1S/C17H26N4O2/c1-13(10-19-16(22)23-17(2,3)4)20(5)12-14-11-18-15-8-6-7-9-21(14)15/h6-9,11,13H,10,12H2,1-5H3,(H,19,22)/t13-/m0/s1. The van der Waals surface area contributed by atoms with E-state index in [1.54, 1.807) is 0 Å². The highest BCUT2D eigenvalue weighted by Crippen LogP contribution is 2.10. The normalized spacial score (nSPS) is 13.3. The van der Waals surface area contributed by atoms with E-state index in [-0.39, 0.29) is 12.1 Å². The van der Waals surface area contributed by atoms with Gasteiger partial charge in [0.05, 0.1) is 11.9 Å². The number of carbonyl (C=O) groups is 1. The minimum absolute atomic E-state index is 0.178. The highest BCUT2D eigenvalue weighted by Gasteiger charge is 2.18. The van der Waals surface area contributed by atoms with Gasteiger partial charge in [0.15, 0.2) is 0 Å². The molecule has 6 heteroatoms. The van der Waals surface area contributed by atoms with Crippen molar-refractivity contribution in [3.05, 3.63) is 36.3 Å². The molecule has 0 saturated heterocycles. The van der Waals surface area contributed by atoms with Gasteiger partial charge in [-0.1, -0.05) is 6.07 Å². The molecule has 1 atom stereocenters. The first kappa shape index (κ1) is 17.3. The van der Waals surface area contributed by atoms with Gasteiger partial charge in [0.2, 0.25) is 0 Å². The molecule has 1 amide bonds. The summed E-state index contributed by atoms with van der Waals surface area (Å²) < 4.78 is 7.32. The second kappa shape index (κ2) is 7.00. The van der Waals surface area contributed by atoms with Crippen molar-refractivity contribution in [3.63, 3.8) is 0 Å². The van der Waals surface area contributed by atoms with Crippen molar-refractivity contribution in [2.24, 2.45) is 0 Å². The van der Waals surface area contributed by atoms with Crippen LogP contribution in [0.3, 0.4) is 0 Å². The van der Waals surface area contributed by atoms with Crippen molar-refractivity contribution >= 4 is 11.7 Å². The average Bonchev–Trinajstić information content (AvgIpc) is 2.86. The van der Waals surface area contributed by atoms with Crippen LogP contribution >= 0.6 is 0 Å². The number of hydrogen-bond acceptors (Lipinski definition) is 4. The number of aromatic nitrogens is 2. The van der Waals surface area contributed by atoms with Crippen LogP contribution in [-0.2, 0) is 11.3 Å². The molecule has 126 valence electrons. The molecular weight excluding hydrogens is 292 g/mol. The number of nitrogens with one attached hydrogen (secondary N) is 1. The SMILES string of the molecule is C[C@@H](CNC(=O)OC(C)(C)C)N(C)Cc1cnc2ccccn12. The van der Waals surface area contributed by atoms with E-state index in [1.807, 2.05) is 58.4 Å². The Labute approximate surface area is 137 Å². The van der Waals surface area contributed by atoms with E-state index in [0.29, 0.717) is 6.54 Å². The molecule has 0 saturated carbocycles. The summed E-state index contributed by atoms with van der Waals surface area (Å²) in [5.74, 6) is 0. The van der Waals surface area contributed by atoms with E-state index in [2.05, 4.69) is 26.5 Å². The number of nitrogens with zero attached hydrogens (tertiary/aromatic N) is 3. The lowest BCUT2D eigenvalue weighted by Crippen LogP contribution is -2.41. The van der Waals surface area contributed by atoms with E-state index in [4.69, 9.17) is 4.74 Å². The molecule has 6 nitrogen and oxygen atoms in total. The fourth-order valence-electron chi connectivity index (χ4n) is 2.21. The van der Waals surface area contributed by atoms with Gasteiger partial charge < -0.3 is 14.5 Å². The van der Waals surface area contributed by atoms with Crippen LogP contribution in [0.25, 0.3) is 5.65 Å². The second-order valence-corrected chi connectivity index (χ2v) is 6.83. The summed E-state index contributed by atoms with van der Waals surface area (Å²) in [7, 11) is 2.03. The van der Waals surface area contributed by atoms with E-state index in [0.717, 1.165) is 17.9 Å². The number of carbonyl (C=O) groups excluding carboxylic acids is 1. The van der Waals surface area contributed by atoms with Gasteiger partial charge in [0.25, 0.3) is 0 Å². The summed E-state index contributed by atoms with van der Waals surface area (Å²) in [5.41, 5.74) is 1.58. The molecule has 2 aromatic heterocycles. The summed E-state index contributed by atoms with van der Waals surface area (Å²) in [6.45, 7) is 8.91. The summed E-state index contributed by atoms with van der Waals surface area (Å²) in [4.78, 5) is 18.3. The Morgan fingerprint density at radius 2 is 2.17 bits per heavy atom. The quantitative estimate of drug-likeness (QED) is 0.921. The zero-order valence-electron chi connectivity index (χ0n) is 14.5. The highest BCUT2D eigenvalue weighted by atomic mass is 16.6. The Kier molecular flexibility index (Phi) is 5.26. The number of rotatable bonds is 5. The maximum absolute atomic E-state index is 11.7. The average molecular weight is 318 g/mol. The second-order valence-electron chi connectivity index (χ2n) is 6.83. The first-order valence-corrected chi connectivity index (χ1v) is 7.84. The zero-order valence-corrected chi connectivity index (χ0v) is 14.5. The Bertz CT molecular complexity index is 660. The number of pyridine rings is 1. The molecule has 0 aliphatic heterocycles. The number of alkyl carbamates (subject to hydrolysis) is 1. The van der Waals surface area contributed by atoms with Gasteiger partial charge in [-0.25, -0.2) is 9.78 Å². The third-order valence-electron chi connectivity index (χ3n) is 3.60. The van der Waals surface area contributed by atoms with Crippen LogP contribution in [0.4, 0.5) is 4.79 Å². The lowest BCUT2D eigenvalue weighted by atomic mass is 10.2. The van der Waals surface area contributed by atoms with Crippen LogP contribution in [0.5, 0.6) is 0 Å². The lowest BCUT2D eigenvalue weighted by Gasteiger charge is -2.26. The van der Waals surface area contributed by atoms with Crippen molar-refractivity contribution in [1.29, 1.82) is 0 Å². The van der Waals surface area contributed by atoms with Gasteiger partial charge in [0, 0.05) is 25.3 Å². The molecule has 0 spiro atoms. The van der Waals surface area contributed by atoms with Crippen LogP contribution in [0, 0.1) is 0 Å². The van der Waals surface area contributed by atoms with Crippen molar-refractivity contribution in [2.45, 2.75) is 45.9 Å². The number of likely N-dealkylation sites (N-methyl/N-ethyl adjacent to an activating group) is 1. The molecule has 0 fully saturated rings. The van der Waals surface area contributed by atoms with Crippen LogP contribution in [-0.4, -0.2) is 45.6 Å². The van der Waals surface area contributed by atoms with Gasteiger partial charge in [-0.15, -0.1) is 0 Å². The van der Waals surface area contributed by atoms with Crippen LogP contribution in [0.15, 0.2) is 30.6 Å². The molecule has 2 aromatic rings. The van der Waals surface area contributed by atoms with Gasteiger partial charge >= 0.3 is 6.09 Å². The summed E-state index contributed by atoms with van der Waals surface area (Å²) in [6, 6.07) is 6.13. The summed E-state index contributed by atoms with van der Waals surface area (Å²) >= 11 is 0. The Morgan fingerprint density at radius 3 is 2.87 bits per heavy atom. The zero-order chi connectivity index (χ0) is 17.0. The highest BCUT2D eigenvalue weighted by molar-refractivity contribution is 5.67.